The van der Waals surface area contributed by atoms with Gasteiger partial charge in [-0.1, -0.05) is 18.5 Å². The lowest BCUT2D eigenvalue weighted by Crippen LogP contribution is -2.28. The topological polar surface area (TPSA) is 84.1 Å². The van der Waals surface area contributed by atoms with Crippen LogP contribution in [0.3, 0.4) is 0 Å². The molecule has 1 fully saturated rings. The molecule has 1 aliphatic carbocycles. The summed E-state index contributed by atoms with van der Waals surface area (Å²) in [4.78, 5) is 12.1. The predicted octanol–water partition coefficient (Wildman–Crippen LogP) is 1.44. The summed E-state index contributed by atoms with van der Waals surface area (Å²) in [6.07, 6.45) is 0.558. The number of nitrogens with zero attached hydrogens (tertiary/aromatic N) is 4. The summed E-state index contributed by atoms with van der Waals surface area (Å²) < 4.78 is 1.70. The van der Waals surface area contributed by atoms with Crippen LogP contribution in [0, 0.1) is 5.92 Å². The van der Waals surface area contributed by atoms with E-state index in [0.717, 1.165) is 0 Å². The van der Waals surface area contributed by atoms with Crippen molar-refractivity contribution in [3.05, 3.63) is 16.8 Å². The van der Waals surface area contributed by atoms with Gasteiger partial charge in [0.05, 0.1) is 18.5 Å². The van der Waals surface area contributed by atoms with Crippen molar-refractivity contribution in [2.24, 2.45) is 5.92 Å². The molecule has 0 aromatic carbocycles. The molecule has 0 bridgehead atoms. The third kappa shape index (κ3) is 1.99. The average molecular weight is 303 g/mol. The first-order valence-electron chi connectivity index (χ1n) is 5.90. The second kappa shape index (κ2) is 4.56. The van der Waals surface area contributed by atoms with Crippen LogP contribution in [-0.2, 0) is 0 Å². The molecule has 2 aromatic heterocycles. The quantitative estimate of drug-likeness (QED) is 0.615. The van der Waals surface area contributed by atoms with Crippen LogP contribution in [0.1, 0.15) is 19.4 Å². The first kappa shape index (κ1) is 13.1. The van der Waals surface area contributed by atoms with Crippen molar-refractivity contribution >= 4 is 34.4 Å². The van der Waals surface area contributed by atoms with Gasteiger partial charge in [-0.3, -0.25) is 0 Å². The number of halogens is 2. The standard InChI is InChI=1S/C11H12Cl2N4O2/c1-4-2-5(8(19)7(4)18)17-3-14-6-9(12)15-11(13)16-10(6)17/h3-5,7-8,18-19H,2H2,1H3/t4-,5+,7+,8-/m0/s1. The largest absolute Gasteiger partial charge is 0.390 e. The fourth-order valence-electron chi connectivity index (χ4n) is 2.60. The highest BCUT2D eigenvalue weighted by atomic mass is 35.5. The molecule has 3 rings (SSSR count). The summed E-state index contributed by atoms with van der Waals surface area (Å²) in [6.45, 7) is 1.89. The molecule has 102 valence electrons. The van der Waals surface area contributed by atoms with Gasteiger partial charge in [-0.25, -0.2) is 9.97 Å². The Bertz CT molecular complexity index is 632. The molecule has 8 heteroatoms. The summed E-state index contributed by atoms with van der Waals surface area (Å²) in [5, 5.41) is 20.1. The van der Waals surface area contributed by atoms with E-state index >= 15 is 0 Å². The Balaban J connectivity index is 2.11. The van der Waals surface area contributed by atoms with Gasteiger partial charge in [0.2, 0.25) is 5.28 Å². The maximum atomic E-state index is 10.1. The minimum atomic E-state index is -0.861. The Kier molecular flexibility index (Phi) is 3.13. The molecule has 0 amide bonds. The van der Waals surface area contributed by atoms with E-state index in [0.29, 0.717) is 17.6 Å². The molecule has 1 aliphatic rings. The minimum Gasteiger partial charge on any atom is -0.390 e. The van der Waals surface area contributed by atoms with E-state index in [-0.39, 0.29) is 22.4 Å². The van der Waals surface area contributed by atoms with Gasteiger partial charge in [0.25, 0.3) is 0 Å². The fraction of sp³-hybridized carbons (Fsp3) is 0.545. The van der Waals surface area contributed by atoms with Gasteiger partial charge in [-0.15, -0.1) is 0 Å². The number of aromatic nitrogens is 4. The molecular formula is C11H12Cl2N4O2. The lowest BCUT2D eigenvalue weighted by atomic mass is 10.1. The molecule has 19 heavy (non-hydrogen) atoms. The maximum absolute atomic E-state index is 10.1. The van der Waals surface area contributed by atoms with Crippen molar-refractivity contribution < 1.29 is 10.2 Å². The summed E-state index contributed by atoms with van der Waals surface area (Å²) in [6, 6.07) is -0.294. The lowest BCUT2D eigenvalue weighted by Gasteiger charge is -2.18. The third-order valence-electron chi connectivity index (χ3n) is 3.65. The molecule has 0 spiro atoms. The highest BCUT2D eigenvalue weighted by Gasteiger charge is 2.40. The molecule has 0 aliphatic heterocycles. The van der Waals surface area contributed by atoms with Crippen LogP contribution in [0.25, 0.3) is 11.2 Å². The second-order valence-electron chi connectivity index (χ2n) is 4.87. The van der Waals surface area contributed by atoms with Gasteiger partial charge in [-0.2, -0.15) is 4.98 Å². The van der Waals surface area contributed by atoms with E-state index in [1.54, 1.807) is 10.9 Å². The van der Waals surface area contributed by atoms with Gasteiger partial charge < -0.3 is 14.8 Å². The molecule has 0 unspecified atom stereocenters. The fourth-order valence-corrected chi connectivity index (χ4v) is 3.02. The minimum absolute atomic E-state index is 0.00484. The number of imidazole rings is 1. The summed E-state index contributed by atoms with van der Waals surface area (Å²) in [7, 11) is 0. The third-order valence-corrected chi connectivity index (χ3v) is 4.08. The smallest absolute Gasteiger partial charge is 0.225 e. The van der Waals surface area contributed by atoms with Gasteiger partial charge in [-0.05, 0) is 23.9 Å². The average Bonchev–Trinajstić information content (AvgIpc) is 2.86. The van der Waals surface area contributed by atoms with Crippen molar-refractivity contribution in [1.29, 1.82) is 0 Å². The number of fused-ring (bicyclic) bond motifs is 1. The van der Waals surface area contributed by atoms with E-state index < -0.39 is 12.2 Å². The molecule has 2 N–H and O–H groups in total. The van der Waals surface area contributed by atoms with Crippen LogP contribution in [0.4, 0.5) is 0 Å². The highest BCUT2D eigenvalue weighted by molar-refractivity contribution is 6.35. The second-order valence-corrected chi connectivity index (χ2v) is 5.57. The van der Waals surface area contributed by atoms with Crippen molar-refractivity contribution in [3.8, 4) is 0 Å². The van der Waals surface area contributed by atoms with Crippen LogP contribution < -0.4 is 0 Å². The maximum Gasteiger partial charge on any atom is 0.225 e. The Morgan fingerprint density at radius 2 is 2.00 bits per heavy atom. The van der Waals surface area contributed by atoms with E-state index in [9.17, 15) is 10.2 Å². The normalized spacial score (nSPS) is 31.2. The first-order valence-corrected chi connectivity index (χ1v) is 6.66. The number of aliphatic hydroxyl groups is 2. The zero-order valence-electron chi connectivity index (χ0n) is 10.0. The van der Waals surface area contributed by atoms with Crippen LogP contribution >= 0.6 is 23.2 Å². The van der Waals surface area contributed by atoms with Gasteiger partial charge >= 0.3 is 0 Å². The number of hydrogen-bond acceptors (Lipinski definition) is 5. The van der Waals surface area contributed by atoms with E-state index in [1.807, 2.05) is 6.92 Å². The summed E-state index contributed by atoms with van der Waals surface area (Å²) in [5.74, 6) is 0.00484. The van der Waals surface area contributed by atoms with Crippen LogP contribution in [-0.4, -0.2) is 41.9 Å². The van der Waals surface area contributed by atoms with E-state index in [1.165, 1.54) is 0 Å². The molecule has 0 radical (unpaired) electrons. The highest BCUT2D eigenvalue weighted by Crippen LogP contribution is 2.37. The number of aliphatic hydroxyl groups excluding tert-OH is 2. The van der Waals surface area contributed by atoms with Crippen molar-refractivity contribution in [3.63, 3.8) is 0 Å². The van der Waals surface area contributed by atoms with Crippen LogP contribution in [0.15, 0.2) is 6.33 Å². The van der Waals surface area contributed by atoms with Gasteiger partial charge in [0.15, 0.2) is 10.8 Å². The van der Waals surface area contributed by atoms with Gasteiger partial charge in [0, 0.05) is 0 Å². The molecule has 0 saturated heterocycles. The molecule has 2 aromatic rings. The van der Waals surface area contributed by atoms with Gasteiger partial charge in [0.1, 0.15) is 11.6 Å². The van der Waals surface area contributed by atoms with Crippen molar-refractivity contribution in [2.75, 3.05) is 0 Å². The number of hydrogen-bond donors (Lipinski definition) is 2. The van der Waals surface area contributed by atoms with Crippen molar-refractivity contribution in [2.45, 2.75) is 31.6 Å². The Hall–Kier alpha value is -0.950. The first-order chi connectivity index (χ1) is 8.99. The molecular weight excluding hydrogens is 291 g/mol. The predicted molar refractivity (Wildman–Crippen MR) is 70.2 cm³/mol. The number of rotatable bonds is 1. The monoisotopic (exact) mass is 302 g/mol. The Morgan fingerprint density at radius 3 is 2.63 bits per heavy atom. The van der Waals surface area contributed by atoms with E-state index in [2.05, 4.69) is 15.0 Å². The lowest BCUT2D eigenvalue weighted by molar-refractivity contribution is 0.00964. The van der Waals surface area contributed by atoms with Crippen molar-refractivity contribution in [1.82, 2.24) is 19.5 Å². The molecule has 2 heterocycles. The van der Waals surface area contributed by atoms with Crippen LogP contribution in [0.5, 0.6) is 0 Å². The Morgan fingerprint density at radius 1 is 1.26 bits per heavy atom. The zero-order chi connectivity index (χ0) is 13.7. The Labute approximate surface area is 119 Å². The molecule has 6 nitrogen and oxygen atoms in total. The summed E-state index contributed by atoms with van der Waals surface area (Å²) >= 11 is 11.7. The summed E-state index contributed by atoms with van der Waals surface area (Å²) in [5.41, 5.74) is 0.905. The van der Waals surface area contributed by atoms with Crippen LogP contribution in [0.2, 0.25) is 10.4 Å². The zero-order valence-corrected chi connectivity index (χ0v) is 11.5. The SMILES string of the molecule is C[C@H]1C[C@@H](n2cnc3c(Cl)nc(Cl)nc32)[C@H](O)[C@@H]1O. The van der Waals surface area contributed by atoms with E-state index in [4.69, 9.17) is 23.2 Å². The molecule has 1 saturated carbocycles. The molecule has 4 atom stereocenters.